The molecule has 0 aromatic carbocycles. The Morgan fingerprint density at radius 2 is 1.90 bits per heavy atom. The molecule has 20 heavy (non-hydrogen) atoms. The SMILES string of the molecule is CC1CN(C(=O)N(CCC(=O)O)C2CC2)CC1N(C)C. The molecule has 1 aliphatic carbocycles. The van der Waals surface area contributed by atoms with E-state index in [1.54, 1.807) is 4.90 Å². The van der Waals surface area contributed by atoms with E-state index in [9.17, 15) is 9.59 Å². The minimum atomic E-state index is -0.843. The fourth-order valence-electron chi connectivity index (χ4n) is 3.00. The maximum atomic E-state index is 12.6. The van der Waals surface area contributed by atoms with Crippen molar-refractivity contribution in [3.8, 4) is 0 Å². The fraction of sp³-hybridized carbons (Fsp3) is 0.857. The van der Waals surface area contributed by atoms with Crippen molar-refractivity contribution in [1.82, 2.24) is 14.7 Å². The molecule has 2 rings (SSSR count). The predicted molar refractivity (Wildman–Crippen MR) is 75.6 cm³/mol. The minimum Gasteiger partial charge on any atom is -0.481 e. The molecule has 0 radical (unpaired) electrons. The second-order valence-corrected chi connectivity index (χ2v) is 6.26. The number of rotatable bonds is 5. The quantitative estimate of drug-likeness (QED) is 0.815. The summed E-state index contributed by atoms with van der Waals surface area (Å²) in [4.78, 5) is 29.1. The van der Waals surface area contributed by atoms with E-state index in [4.69, 9.17) is 5.11 Å². The Balaban J connectivity index is 1.96. The van der Waals surface area contributed by atoms with E-state index in [1.165, 1.54) is 0 Å². The van der Waals surface area contributed by atoms with Crippen molar-refractivity contribution >= 4 is 12.0 Å². The van der Waals surface area contributed by atoms with E-state index < -0.39 is 5.97 Å². The molecule has 2 atom stereocenters. The molecule has 2 unspecified atom stereocenters. The van der Waals surface area contributed by atoms with E-state index >= 15 is 0 Å². The summed E-state index contributed by atoms with van der Waals surface area (Å²) in [5, 5.41) is 8.81. The number of hydrogen-bond donors (Lipinski definition) is 1. The molecule has 1 heterocycles. The van der Waals surface area contributed by atoms with Crippen LogP contribution in [0.1, 0.15) is 26.2 Å². The molecular weight excluding hydrogens is 258 g/mol. The summed E-state index contributed by atoms with van der Waals surface area (Å²) < 4.78 is 0. The lowest BCUT2D eigenvalue weighted by Crippen LogP contribution is -2.45. The highest BCUT2D eigenvalue weighted by Crippen LogP contribution is 2.30. The van der Waals surface area contributed by atoms with Crippen LogP contribution < -0.4 is 0 Å². The molecule has 6 heteroatoms. The average molecular weight is 283 g/mol. The zero-order chi connectivity index (χ0) is 14.9. The number of carboxylic acids is 1. The molecule has 1 aliphatic heterocycles. The van der Waals surface area contributed by atoms with Crippen LogP contribution >= 0.6 is 0 Å². The lowest BCUT2D eigenvalue weighted by molar-refractivity contribution is -0.137. The maximum absolute atomic E-state index is 12.6. The molecule has 1 N–H and O–H groups in total. The Labute approximate surface area is 120 Å². The smallest absolute Gasteiger partial charge is 0.320 e. The van der Waals surface area contributed by atoms with Crippen molar-refractivity contribution < 1.29 is 14.7 Å². The lowest BCUT2D eigenvalue weighted by Gasteiger charge is -2.28. The van der Waals surface area contributed by atoms with Gasteiger partial charge >= 0.3 is 12.0 Å². The van der Waals surface area contributed by atoms with Crippen molar-refractivity contribution in [2.24, 2.45) is 5.92 Å². The van der Waals surface area contributed by atoms with Crippen molar-refractivity contribution in [1.29, 1.82) is 0 Å². The second kappa shape index (κ2) is 5.99. The highest BCUT2D eigenvalue weighted by Gasteiger charge is 2.39. The molecule has 0 aromatic heterocycles. The minimum absolute atomic E-state index is 0.0185. The number of likely N-dealkylation sites (tertiary alicyclic amines) is 1. The molecule has 2 fully saturated rings. The maximum Gasteiger partial charge on any atom is 0.320 e. The van der Waals surface area contributed by atoms with Crippen LogP contribution in [0.3, 0.4) is 0 Å². The number of aliphatic carboxylic acids is 1. The molecular formula is C14H25N3O3. The number of likely N-dealkylation sites (N-methyl/N-ethyl adjacent to an activating group) is 1. The number of urea groups is 1. The number of nitrogens with zero attached hydrogens (tertiary/aromatic N) is 3. The first-order valence-electron chi connectivity index (χ1n) is 7.34. The third-order valence-corrected chi connectivity index (χ3v) is 4.31. The van der Waals surface area contributed by atoms with Gasteiger partial charge in [0, 0.05) is 31.7 Å². The van der Waals surface area contributed by atoms with Crippen LogP contribution in [0.2, 0.25) is 0 Å². The normalized spacial score (nSPS) is 26.1. The van der Waals surface area contributed by atoms with Crippen molar-refractivity contribution in [2.75, 3.05) is 33.7 Å². The number of carbonyl (C=O) groups excluding carboxylic acids is 1. The zero-order valence-electron chi connectivity index (χ0n) is 12.6. The average Bonchev–Trinajstić information content (AvgIpc) is 3.11. The summed E-state index contributed by atoms with van der Waals surface area (Å²) in [6.07, 6.45) is 2.04. The molecule has 2 aliphatic rings. The second-order valence-electron chi connectivity index (χ2n) is 6.26. The molecule has 0 spiro atoms. The van der Waals surface area contributed by atoms with Crippen LogP contribution in [0.25, 0.3) is 0 Å². The number of carboxylic acid groups (broad SMARTS) is 1. The van der Waals surface area contributed by atoms with Gasteiger partial charge in [-0.2, -0.15) is 0 Å². The Bertz CT molecular complexity index is 382. The Morgan fingerprint density at radius 3 is 2.35 bits per heavy atom. The summed E-state index contributed by atoms with van der Waals surface area (Å²) >= 11 is 0. The van der Waals surface area contributed by atoms with Crippen LogP contribution in [0.15, 0.2) is 0 Å². The van der Waals surface area contributed by atoms with Gasteiger partial charge in [0.15, 0.2) is 0 Å². The van der Waals surface area contributed by atoms with Gasteiger partial charge in [-0.25, -0.2) is 4.79 Å². The van der Waals surface area contributed by atoms with Crippen LogP contribution in [0.5, 0.6) is 0 Å². The molecule has 0 aromatic rings. The highest BCUT2D eigenvalue weighted by atomic mass is 16.4. The largest absolute Gasteiger partial charge is 0.481 e. The van der Waals surface area contributed by atoms with Crippen LogP contribution in [-0.2, 0) is 4.79 Å². The topological polar surface area (TPSA) is 64.1 Å². The molecule has 114 valence electrons. The molecule has 2 amide bonds. The predicted octanol–water partition coefficient (Wildman–Crippen LogP) is 0.927. The standard InChI is InChI=1S/C14H25N3O3/c1-10-8-16(9-12(10)15(2)3)14(20)17(11-4-5-11)7-6-13(18)19/h10-12H,4-9H2,1-3H3,(H,18,19). The van der Waals surface area contributed by atoms with Crippen LogP contribution in [-0.4, -0.2) is 77.6 Å². The van der Waals surface area contributed by atoms with Crippen molar-refractivity contribution in [2.45, 2.75) is 38.3 Å². The van der Waals surface area contributed by atoms with E-state index in [0.29, 0.717) is 18.5 Å². The third-order valence-electron chi connectivity index (χ3n) is 4.31. The van der Waals surface area contributed by atoms with E-state index in [2.05, 4.69) is 11.8 Å². The Kier molecular flexibility index (Phi) is 4.52. The van der Waals surface area contributed by atoms with Gasteiger partial charge in [-0.05, 0) is 32.9 Å². The van der Waals surface area contributed by atoms with Crippen molar-refractivity contribution in [3.63, 3.8) is 0 Å². The van der Waals surface area contributed by atoms with Gasteiger partial charge in [0.2, 0.25) is 0 Å². The molecule has 0 bridgehead atoms. The van der Waals surface area contributed by atoms with Crippen LogP contribution in [0.4, 0.5) is 4.79 Å². The monoisotopic (exact) mass is 283 g/mol. The lowest BCUT2D eigenvalue weighted by atomic mass is 10.1. The van der Waals surface area contributed by atoms with Gasteiger partial charge in [-0.1, -0.05) is 6.92 Å². The van der Waals surface area contributed by atoms with E-state index in [-0.39, 0.29) is 18.5 Å². The summed E-state index contributed by atoms with van der Waals surface area (Å²) in [6.45, 7) is 3.99. The van der Waals surface area contributed by atoms with Gasteiger partial charge in [-0.3, -0.25) is 4.79 Å². The number of hydrogen-bond acceptors (Lipinski definition) is 3. The number of amides is 2. The summed E-state index contributed by atoms with van der Waals surface area (Å²) in [7, 11) is 4.08. The number of carbonyl (C=O) groups is 2. The Hall–Kier alpha value is -1.30. The van der Waals surface area contributed by atoms with Crippen LogP contribution in [0, 0.1) is 5.92 Å². The van der Waals surface area contributed by atoms with Gasteiger partial charge in [0.05, 0.1) is 6.42 Å². The zero-order valence-corrected chi connectivity index (χ0v) is 12.6. The molecule has 6 nitrogen and oxygen atoms in total. The first-order chi connectivity index (χ1) is 9.40. The Morgan fingerprint density at radius 1 is 1.25 bits per heavy atom. The van der Waals surface area contributed by atoms with E-state index in [0.717, 1.165) is 25.9 Å². The van der Waals surface area contributed by atoms with Gasteiger partial charge in [0.25, 0.3) is 0 Å². The van der Waals surface area contributed by atoms with Crippen molar-refractivity contribution in [3.05, 3.63) is 0 Å². The highest BCUT2D eigenvalue weighted by molar-refractivity contribution is 5.76. The molecule has 1 saturated carbocycles. The summed E-state index contributed by atoms with van der Waals surface area (Å²) in [5.41, 5.74) is 0. The van der Waals surface area contributed by atoms with Gasteiger partial charge < -0.3 is 19.8 Å². The summed E-state index contributed by atoms with van der Waals surface area (Å²) in [6, 6.07) is 0.667. The fourth-order valence-corrected chi connectivity index (χ4v) is 3.00. The van der Waals surface area contributed by atoms with E-state index in [1.807, 2.05) is 19.0 Å². The summed E-state index contributed by atoms with van der Waals surface area (Å²) in [5.74, 6) is -0.390. The first kappa shape index (κ1) is 15.1. The first-order valence-corrected chi connectivity index (χ1v) is 7.34. The molecule has 1 saturated heterocycles. The van der Waals surface area contributed by atoms with Gasteiger partial charge in [0.1, 0.15) is 0 Å². The van der Waals surface area contributed by atoms with Gasteiger partial charge in [-0.15, -0.1) is 0 Å². The third kappa shape index (κ3) is 3.42.